The van der Waals surface area contributed by atoms with Gasteiger partial charge in [-0.1, -0.05) is 66.4 Å². The fourth-order valence-electron chi connectivity index (χ4n) is 3.23. The number of hydrogen-bond donors (Lipinski definition) is 1. The summed E-state index contributed by atoms with van der Waals surface area (Å²) in [6.45, 7) is 0. The Hall–Kier alpha value is -3.48. The Morgan fingerprint density at radius 1 is 0.857 bits per heavy atom. The zero-order chi connectivity index (χ0) is 24.8. The molecule has 1 N–H and O–H groups in total. The molecule has 0 radical (unpaired) electrons. The van der Waals surface area contributed by atoms with Crippen molar-refractivity contribution in [2.45, 2.75) is 27.7 Å². The summed E-state index contributed by atoms with van der Waals surface area (Å²) in [5, 5.41) is 9.79. The van der Waals surface area contributed by atoms with Crippen molar-refractivity contribution in [1.82, 2.24) is 9.97 Å². The van der Waals surface area contributed by atoms with Crippen LogP contribution in [0.5, 0.6) is 0 Å². The average Bonchev–Trinajstić information content (AvgIpc) is 2.86. The van der Waals surface area contributed by atoms with Crippen LogP contribution < -0.4 is 5.56 Å². The van der Waals surface area contributed by atoms with E-state index >= 15 is 0 Å². The second kappa shape index (κ2) is 10.8. The topological polar surface area (TPSA) is 69.5 Å². The maximum atomic E-state index is 12.8. The van der Waals surface area contributed by atoms with E-state index in [1.165, 1.54) is 29.5 Å². The molecule has 0 amide bonds. The minimum atomic E-state index is -4.39. The van der Waals surface area contributed by atoms with E-state index in [4.69, 9.17) is 0 Å². The number of aromatic amines is 1. The Bertz CT molecular complexity index is 1400. The Morgan fingerprint density at radius 2 is 1.49 bits per heavy atom. The van der Waals surface area contributed by atoms with Crippen LogP contribution in [0.1, 0.15) is 22.3 Å². The third-order valence-corrected chi connectivity index (χ3v) is 7.07. The van der Waals surface area contributed by atoms with Crippen molar-refractivity contribution in [2.24, 2.45) is 0 Å². The van der Waals surface area contributed by atoms with Gasteiger partial charge in [-0.15, -0.1) is 11.8 Å². The Kier molecular flexibility index (Phi) is 7.63. The normalized spacial score (nSPS) is 11.3. The molecular weight excluding hydrogens is 491 g/mol. The molecule has 1 aromatic heterocycles. The monoisotopic (exact) mass is 509 g/mol. The molecule has 0 saturated carbocycles. The lowest BCUT2D eigenvalue weighted by Crippen LogP contribution is -2.14. The number of nitrogens with zero attached hydrogens (tertiary/aromatic N) is 2. The summed E-state index contributed by atoms with van der Waals surface area (Å²) in [5.74, 6) is 1.12. The van der Waals surface area contributed by atoms with Crippen molar-refractivity contribution in [1.29, 1.82) is 5.26 Å². The predicted molar refractivity (Wildman–Crippen MR) is 132 cm³/mol. The number of halogens is 3. The highest BCUT2D eigenvalue weighted by Crippen LogP contribution is 2.31. The molecule has 0 aliphatic carbocycles. The zero-order valence-corrected chi connectivity index (χ0v) is 19.8. The second-order valence-corrected chi connectivity index (χ2v) is 9.50. The number of rotatable bonds is 7. The van der Waals surface area contributed by atoms with Gasteiger partial charge < -0.3 is 4.98 Å². The maximum Gasteiger partial charge on any atom is 0.416 e. The molecular formula is C26H18F3N3OS2. The van der Waals surface area contributed by atoms with Gasteiger partial charge in [0.1, 0.15) is 11.6 Å². The number of aromatic nitrogens is 2. The van der Waals surface area contributed by atoms with Gasteiger partial charge in [-0.25, -0.2) is 4.98 Å². The lowest BCUT2D eigenvalue weighted by molar-refractivity contribution is -0.137. The van der Waals surface area contributed by atoms with Crippen LogP contribution in [0.15, 0.2) is 93.7 Å². The summed E-state index contributed by atoms with van der Waals surface area (Å²) in [7, 11) is 0. The van der Waals surface area contributed by atoms with Gasteiger partial charge in [0, 0.05) is 22.0 Å². The number of benzene rings is 3. The molecule has 0 spiro atoms. The van der Waals surface area contributed by atoms with E-state index < -0.39 is 17.3 Å². The summed E-state index contributed by atoms with van der Waals surface area (Å²) in [4.78, 5) is 20.6. The van der Waals surface area contributed by atoms with Crippen LogP contribution in [0.3, 0.4) is 0 Å². The number of thioether (sulfide) groups is 2. The SMILES string of the molecule is N#Cc1c(-c2ccc(SCc3ccccc3)cc2)nc(SCc2ccc(C(F)(F)F)cc2)[nH]c1=O. The molecule has 176 valence electrons. The summed E-state index contributed by atoms with van der Waals surface area (Å²) in [5.41, 5.74) is 1.39. The van der Waals surface area contributed by atoms with Crippen molar-refractivity contribution < 1.29 is 13.2 Å². The van der Waals surface area contributed by atoms with Crippen molar-refractivity contribution >= 4 is 23.5 Å². The largest absolute Gasteiger partial charge is 0.416 e. The second-order valence-electron chi connectivity index (χ2n) is 7.49. The van der Waals surface area contributed by atoms with Gasteiger partial charge in [0.15, 0.2) is 5.16 Å². The van der Waals surface area contributed by atoms with Gasteiger partial charge in [0.05, 0.1) is 11.3 Å². The van der Waals surface area contributed by atoms with Crippen molar-refractivity contribution in [2.75, 3.05) is 0 Å². The first-order valence-electron chi connectivity index (χ1n) is 10.4. The van der Waals surface area contributed by atoms with Crippen LogP contribution in [0.25, 0.3) is 11.3 Å². The number of alkyl halides is 3. The number of H-pyrrole nitrogens is 1. The Labute approximate surface area is 208 Å². The van der Waals surface area contributed by atoms with E-state index in [9.17, 15) is 23.2 Å². The van der Waals surface area contributed by atoms with E-state index in [-0.39, 0.29) is 16.4 Å². The fourth-order valence-corrected chi connectivity index (χ4v) is 4.90. The number of nitrogens with one attached hydrogen (secondary N) is 1. The molecule has 1 heterocycles. The first-order valence-corrected chi connectivity index (χ1v) is 12.4. The van der Waals surface area contributed by atoms with E-state index in [1.54, 1.807) is 11.8 Å². The van der Waals surface area contributed by atoms with Crippen LogP contribution in [0.4, 0.5) is 13.2 Å². The summed E-state index contributed by atoms with van der Waals surface area (Å²) < 4.78 is 38.3. The van der Waals surface area contributed by atoms with Gasteiger partial charge >= 0.3 is 6.18 Å². The van der Waals surface area contributed by atoms with Crippen molar-refractivity contribution in [3.8, 4) is 17.3 Å². The minimum Gasteiger partial charge on any atom is -0.300 e. The van der Waals surface area contributed by atoms with Crippen molar-refractivity contribution in [3.05, 3.63) is 111 Å². The lowest BCUT2D eigenvalue weighted by atomic mass is 10.1. The lowest BCUT2D eigenvalue weighted by Gasteiger charge is -2.09. The third kappa shape index (κ3) is 6.35. The predicted octanol–water partition coefficient (Wildman–Crippen LogP) is 6.91. The summed E-state index contributed by atoms with van der Waals surface area (Å²) in [6, 6.07) is 24.3. The van der Waals surface area contributed by atoms with Crippen LogP contribution in [-0.4, -0.2) is 9.97 Å². The minimum absolute atomic E-state index is 0.0893. The Balaban J connectivity index is 1.50. The van der Waals surface area contributed by atoms with Crippen LogP contribution in [0, 0.1) is 11.3 Å². The zero-order valence-electron chi connectivity index (χ0n) is 18.2. The molecule has 9 heteroatoms. The van der Waals surface area contributed by atoms with Crippen LogP contribution in [-0.2, 0) is 17.7 Å². The van der Waals surface area contributed by atoms with Crippen LogP contribution >= 0.6 is 23.5 Å². The highest BCUT2D eigenvalue weighted by atomic mass is 32.2. The molecule has 3 aromatic carbocycles. The fraction of sp³-hybridized carbons (Fsp3) is 0.115. The first kappa shape index (κ1) is 24.6. The van der Waals surface area contributed by atoms with Gasteiger partial charge in [0.25, 0.3) is 5.56 Å². The molecule has 0 atom stereocenters. The van der Waals surface area contributed by atoms with Gasteiger partial charge in [-0.05, 0) is 35.4 Å². The van der Waals surface area contributed by atoms with E-state index in [0.717, 1.165) is 22.8 Å². The molecule has 0 saturated heterocycles. The molecule has 4 aromatic rings. The molecule has 4 nitrogen and oxygen atoms in total. The molecule has 4 rings (SSSR count). The number of hydrogen-bond acceptors (Lipinski definition) is 5. The van der Waals surface area contributed by atoms with Crippen LogP contribution in [0.2, 0.25) is 0 Å². The van der Waals surface area contributed by atoms with Crippen molar-refractivity contribution in [3.63, 3.8) is 0 Å². The maximum absolute atomic E-state index is 12.8. The quantitative estimate of drug-likeness (QED) is 0.217. The van der Waals surface area contributed by atoms with E-state index in [1.807, 2.05) is 48.5 Å². The molecule has 0 unspecified atom stereocenters. The van der Waals surface area contributed by atoms with Gasteiger partial charge in [0.2, 0.25) is 0 Å². The molecule has 0 bridgehead atoms. The third-order valence-electron chi connectivity index (χ3n) is 5.04. The molecule has 0 aliphatic rings. The first-order chi connectivity index (χ1) is 16.8. The van der Waals surface area contributed by atoms with Gasteiger partial charge in [-0.2, -0.15) is 18.4 Å². The highest BCUT2D eigenvalue weighted by molar-refractivity contribution is 7.98. The average molecular weight is 510 g/mol. The summed E-state index contributed by atoms with van der Waals surface area (Å²) >= 11 is 2.85. The molecule has 0 fully saturated rings. The van der Waals surface area contributed by atoms with E-state index in [0.29, 0.717) is 16.9 Å². The highest BCUT2D eigenvalue weighted by Gasteiger charge is 2.29. The number of nitriles is 1. The smallest absolute Gasteiger partial charge is 0.300 e. The van der Waals surface area contributed by atoms with E-state index in [2.05, 4.69) is 22.1 Å². The summed E-state index contributed by atoms with van der Waals surface area (Å²) in [6.07, 6.45) is -4.39. The van der Waals surface area contributed by atoms with Gasteiger partial charge in [-0.3, -0.25) is 4.79 Å². The Morgan fingerprint density at radius 3 is 2.11 bits per heavy atom. The molecule has 0 aliphatic heterocycles. The standard InChI is InChI=1S/C26H18F3N3OS2/c27-26(28,29)20-10-6-18(7-11-20)16-35-25-31-23(22(14-30)24(33)32-25)19-8-12-21(13-9-19)34-15-17-4-2-1-3-5-17/h1-13H,15-16H2,(H,31,32,33). The molecule has 35 heavy (non-hydrogen) atoms.